The number of primary amides is 1. The van der Waals surface area contributed by atoms with Gasteiger partial charge in [0.05, 0.1) is 19.8 Å². The van der Waals surface area contributed by atoms with Crippen LogP contribution in [0.3, 0.4) is 0 Å². The Kier molecular flexibility index (Phi) is 20.5. The second kappa shape index (κ2) is 19.2. The van der Waals surface area contributed by atoms with Crippen molar-refractivity contribution >= 4 is 5.91 Å². The number of nitrogens with two attached hydrogens (primary N) is 2. The lowest BCUT2D eigenvalue weighted by Gasteiger charge is -2.02. The van der Waals surface area contributed by atoms with Gasteiger partial charge in [0.15, 0.2) is 0 Å². The first-order chi connectivity index (χ1) is 9.18. The minimum absolute atomic E-state index is 0.249. The van der Waals surface area contributed by atoms with E-state index in [0.717, 1.165) is 26.0 Å². The lowest BCUT2D eigenvalue weighted by Crippen LogP contribution is -2.14. The summed E-state index contributed by atoms with van der Waals surface area (Å²) in [6.45, 7) is 9.71. The van der Waals surface area contributed by atoms with Gasteiger partial charge in [-0.2, -0.15) is 0 Å². The topological polar surface area (TPSA) is 99.6 Å². The molecule has 6 nitrogen and oxygen atoms in total. The summed E-state index contributed by atoms with van der Waals surface area (Å²) in [5, 5.41) is 2.86. The monoisotopic (exact) mass is 275 g/mol. The molecule has 19 heavy (non-hydrogen) atoms. The van der Waals surface area contributed by atoms with Crippen LogP contribution in [0, 0.1) is 0 Å². The minimum atomic E-state index is -0.249. The number of hydrogen-bond acceptors (Lipinski definition) is 5. The third kappa shape index (κ3) is 26.5. The zero-order chi connectivity index (χ0) is 14.8. The predicted molar refractivity (Wildman–Crippen MR) is 77.6 cm³/mol. The minimum Gasteiger partial charge on any atom is -0.391 e. The van der Waals surface area contributed by atoms with Crippen molar-refractivity contribution in [3.8, 4) is 0 Å². The summed E-state index contributed by atoms with van der Waals surface area (Å²) in [6, 6.07) is 0. The van der Waals surface area contributed by atoms with Crippen molar-refractivity contribution in [3.63, 3.8) is 0 Å². The Morgan fingerprint density at radius 3 is 2.37 bits per heavy atom. The molecule has 0 saturated heterocycles. The Balaban J connectivity index is 0. The quantitative estimate of drug-likeness (QED) is 0.447. The third-order valence-corrected chi connectivity index (χ3v) is 1.87. The maximum atomic E-state index is 10.1. The average Bonchev–Trinajstić information content (AvgIpc) is 2.39. The Morgan fingerprint density at radius 2 is 1.89 bits per heavy atom. The van der Waals surface area contributed by atoms with Gasteiger partial charge in [-0.25, -0.2) is 0 Å². The highest BCUT2D eigenvalue weighted by Crippen LogP contribution is 1.83. The number of nitrogens with one attached hydrogen (secondary N) is 1. The fourth-order valence-electron chi connectivity index (χ4n) is 1.02. The normalized spacial score (nSPS) is 9.37. The number of carbonyl (C=O) groups excluding carboxylic acids is 1. The van der Waals surface area contributed by atoms with Crippen LogP contribution in [0.25, 0.3) is 0 Å². The zero-order valence-electron chi connectivity index (χ0n) is 12.0. The molecule has 114 valence electrons. The summed E-state index contributed by atoms with van der Waals surface area (Å²) in [6.07, 6.45) is 3.89. The van der Waals surface area contributed by atoms with Gasteiger partial charge in [-0.15, -0.1) is 0 Å². The standard InChI is InChI=1S/C7H17NO2.C6H12N2O/c1-2-4-9-6-7-10-5-3-8;1-2-8-5-3-4-6(7)9/h2-8H2,1H3;2,8H,1,3-5H2,(H2,7,9). The Labute approximate surface area is 116 Å². The van der Waals surface area contributed by atoms with Gasteiger partial charge in [-0.1, -0.05) is 13.5 Å². The Hall–Kier alpha value is -1.11. The fraction of sp³-hybridized carbons (Fsp3) is 0.769. The van der Waals surface area contributed by atoms with E-state index in [9.17, 15) is 4.79 Å². The van der Waals surface area contributed by atoms with E-state index in [1.54, 1.807) is 6.20 Å². The van der Waals surface area contributed by atoms with E-state index in [1.807, 2.05) is 0 Å². The van der Waals surface area contributed by atoms with Crippen molar-refractivity contribution < 1.29 is 14.3 Å². The van der Waals surface area contributed by atoms with Gasteiger partial charge in [0.2, 0.25) is 5.91 Å². The third-order valence-electron chi connectivity index (χ3n) is 1.87. The Morgan fingerprint density at radius 1 is 1.26 bits per heavy atom. The summed E-state index contributed by atoms with van der Waals surface area (Å²) < 4.78 is 10.2. The summed E-state index contributed by atoms with van der Waals surface area (Å²) in [5.41, 5.74) is 10.1. The highest BCUT2D eigenvalue weighted by Gasteiger charge is 1.90. The van der Waals surface area contributed by atoms with Crippen LogP contribution in [0.4, 0.5) is 0 Å². The van der Waals surface area contributed by atoms with Gasteiger partial charge < -0.3 is 26.3 Å². The van der Waals surface area contributed by atoms with E-state index in [4.69, 9.17) is 20.9 Å². The van der Waals surface area contributed by atoms with Gasteiger partial charge >= 0.3 is 0 Å². The first-order valence-corrected chi connectivity index (χ1v) is 6.67. The molecule has 0 radical (unpaired) electrons. The van der Waals surface area contributed by atoms with E-state index in [1.165, 1.54) is 0 Å². The fourth-order valence-corrected chi connectivity index (χ4v) is 1.02. The van der Waals surface area contributed by atoms with E-state index in [-0.39, 0.29) is 5.91 Å². The molecule has 0 aromatic heterocycles. The average molecular weight is 275 g/mol. The molecule has 0 bridgehead atoms. The molecule has 0 aliphatic heterocycles. The van der Waals surface area contributed by atoms with Crippen LogP contribution in [0.2, 0.25) is 0 Å². The molecule has 6 heteroatoms. The maximum absolute atomic E-state index is 10.1. The maximum Gasteiger partial charge on any atom is 0.217 e. The molecule has 0 aliphatic rings. The molecule has 0 fully saturated rings. The van der Waals surface area contributed by atoms with Crippen LogP contribution in [-0.4, -0.2) is 45.4 Å². The first kappa shape index (κ1) is 20.2. The van der Waals surface area contributed by atoms with Gasteiger partial charge in [0.25, 0.3) is 0 Å². The van der Waals surface area contributed by atoms with E-state index >= 15 is 0 Å². The summed E-state index contributed by atoms with van der Waals surface area (Å²) in [4.78, 5) is 10.1. The molecular weight excluding hydrogens is 246 g/mol. The SMILES string of the molecule is C=CNCCCC(N)=O.CCCOCCOCCN. The van der Waals surface area contributed by atoms with Crippen molar-refractivity contribution in [1.82, 2.24) is 5.32 Å². The van der Waals surface area contributed by atoms with E-state index < -0.39 is 0 Å². The zero-order valence-corrected chi connectivity index (χ0v) is 12.0. The van der Waals surface area contributed by atoms with Crippen molar-refractivity contribution in [2.24, 2.45) is 11.5 Å². The van der Waals surface area contributed by atoms with Crippen LogP contribution in [0.5, 0.6) is 0 Å². The first-order valence-electron chi connectivity index (χ1n) is 6.67. The van der Waals surface area contributed by atoms with Crippen molar-refractivity contribution in [2.45, 2.75) is 26.2 Å². The smallest absolute Gasteiger partial charge is 0.217 e. The molecule has 0 aliphatic carbocycles. The highest BCUT2D eigenvalue weighted by atomic mass is 16.5. The van der Waals surface area contributed by atoms with Gasteiger partial charge in [-0.3, -0.25) is 4.79 Å². The van der Waals surface area contributed by atoms with Gasteiger partial charge in [0.1, 0.15) is 0 Å². The molecule has 0 aromatic rings. The molecule has 0 aromatic carbocycles. The molecule has 5 N–H and O–H groups in total. The van der Waals surface area contributed by atoms with Gasteiger partial charge in [-0.05, 0) is 19.0 Å². The number of rotatable bonds is 12. The molecule has 0 heterocycles. The number of hydrogen-bond donors (Lipinski definition) is 3. The summed E-state index contributed by atoms with van der Waals surface area (Å²) in [5.74, 6) is -0.249. The van der Waals surface area contributed by atoms with Gasteiger partial charge in [0, 0.05) is 26.1 Å². The molecular formula is C13H29N3O3. The van der Waals surface area contributed by atoms with Crippen LogP contribution in [0.1, 0.15) is 26.2 Å². The number of carbonyl (C=O) groups is 1. The van der Waals surface area contributed by atoms with Crippen molar-refractivity contribution in [1.29, 1.82) is 0 Å². The van der Waals surface area contributed by atoms with Crippen molar-refractivity contribution in [2.75, 3.05) is 39.5 Å². The van der Waals surface area contributed by atoms with Crippen molar-refractivity contribution in [3.05, 3.63) is 12.8 Å². The Bertz CT molecular complexity index is 194. The molecule has 0 unspecified atom stereocenters. The largest absolute Gasteiger partial charge is 0.391 e. The van der Waals surface area contributed by atoms with E-state index in [0.29, 0.717) is 32.8 Å². The molecule has 0 atom stereocenters. The predicted octanol–water partition coefficient (Wildman–Crippen LogP) is 0.373. The summed E-state index contributed by atoms with van der Waals surface area (Å²) in [7, 11) is 0. The molecule has 0 saturated carbocycles. The lowest BCUT2D eigenvalue weighted by molar-refractivity contribution is -0.118. The second-order valence-corrected chi connectivity index (χ2v) is 3.74. The van der Waals surface area contributed by atoms with E-state index in [2.05, 4.69) is 18.8 Å². The number of ether oxygens (including phenoxy) is 2. The molecule has 1 amide bonds. The van der Waals surface area contributed by atoms with Crippen LogP contribution < -0.4 is 16.8 Å². The second-order valence-electron chi connectivity index (χ2n) is 3.74. The van der Waals surface area contributed by atoms with Crippen LogP contribution >= 0.6 is 0 Å². The van der Waals surface area contributed by atoms with Crippen LogP contribution in [0.15, 0.2) is 12.8 Å². The summed E-state index contributed by atoms with van der Waals surface area (Å²) >= 11 is 0. The molecule has 0 rings (SSSR count). The molecule has 0 spiro atoms. The lowest BCUT2D eigenvalue weighted by atomic mass is 10.3. The highest BCUT2D eigenvalue weighted by molar-refractivity contribution is 5.73. The number of amides is 1. The van der Waals surface area contributed by atoms with Crippen LogP contribution in [-0.2, 0) is 14.3 Å².